The van der Waals surface area contributed by atoms with Crippen LogP contribution >= 0.6 is 0 Å². The molecule has 0 spiro atoms. The van der Waals surface area contributed by atoms with Gasteiger partial charge in [0.1, 0.15) is 6.10 Å². The summed E-state index contributed by atoms with van der Waals surface area (Å²) in [4.78, 5) is 26.2. The number of allylic oxidation sites excluding steroid dienone is 11. The number of hydrogen-bond donors (Lipinski definition) is 3. The number of hydrogen-bond acceptors (Lipinski definition) is 5. The fourth-order valence-corrected chi connectivity index (χ4v) is 8.10. The number of amides is 1. The maximum absolute atomic E-state index is 13.2. The minimum absolute atomic E-state index is 0.00530. The minimum Gasteiger partial charge on any atom is -0.461 e. The zero-order chi connectivity index (χ0) is 47.4. The van der Waals surface area contributed by atoms with Crippen LogP contribution in [0.15, 0.2) is 72.9 Å². The Morgan fingerprint density at radius 1 is 0.477 bits per heavy atom. The normalized spacial score (nSPS) is 13.7. The Labute approximate surface area is 402 Å². The van der Waals surface area contributed by atoms with Crippen LogP contribution in [-0.4, -0.2) is 46.9 Å². The molecule has 0 aromatic rings. The molecule has 1 amide bonds. The van der Waals surface area contributed by atoms with E-state index in [9.17, 15) is 19.8 Å². The first-order valence-corrected chi connectivity index (χ1v) is 27.7. The summed E-state index contributed by atoms with van der Waals surface area (Å²) >= 11 is 0. The molecule has 0 aliphatic heterocycles. The topological polar surface area (TPSA) is 95.9 Å². The predicted octanol–water partition coefficient (Wildman–Crippen LogP) is 17.0. The van der Waals surface area contributed by atoms with Crippen molar-refractivity contribution in [3.8, 4) is 0 Å². The van der Waals surface area contributed by atoms with E-state index in [2.05, 4.69) is 86.8 Å². The highest BCUT2D eigenvalue weighted by Gasteiger charge is 2.23. The number of unbranched alkanes of at least 4 members (excludes halogenated alkanes) is 26. The molecule has 6 nitrogen and oxygen atoms in total. The molecule has 0 rings (SSSR count). The molecule has 0 bridgehead atoms. The number of ether oxygens (including phenoxy) is 1. The molecular formula is C59H105NO5. The van der Waals surface area contributed by atoms with Crippen molar-refractivity contribution in [2.45, 2.75) is 283 Å². The molecule has 0 radical (unpaired) electrons. The summed E-state index contributed by atoms with van der Waals surface area (Å²) < 4.78 is 5.88. The monoisotopic (exact) mass is 908 g/mol. The van der Waals surface area contributed by atoms with Gasteiger partial charge in [-0.2, -0.15) is 0 Å². The Kier molecular flexibility index (Phi) is 50.1. The maximum atomic E-state index is 13.2. The minimum atomic E-state index is -0.816. The first-order chi connectivity index (χ1) is 32.0. The lowest BCUT2D eigenvalue weighted by molar-refractivity contribution is -0.150. The quantitative estimate of drug-likeness (QED) is 0.0321. The van der Waals surface area contributed by atoms with Crippen LogP contribution in [0.25, 0.3) is 0 Å². The molecule has 3 unspecified atom stereocenters. The SMILES string of the molecule is CC/C=C\C/C=C\C/C=C\C/C=C\C/C=C\CC(CC(=O)NC(CO)C(O)CCCCCCCCCCCCCCC)OC(=O)CCCCCCC/C=C/CCCCCCCCCCC. The molecule has 0 fully saturated rings. The number of esters is 1. The van der Waals surface area contributed by atoms with E-state index >= 15 is 0 Å². The second-order valence-electron chi connectivity index (χ2n) is 18.6. The van der Waals surface area contributed by atoms with Crippen molar-refractivity contribution in [1.82, 2.24) is 5.32 Å². The van der Waals surface area contributed by atoms with Crippen LogP contribution in [0, 0.1) is 0 Å². The number of carbonyl (C=O) groups is 2. The van der Waals surface area contributed by atoms with E-state index in [0.29, 0.717) is 19.3 Å². The van der Waals surface area contributed by atoms with Crippen LogP contribution in [0.1, 0.15) is 265 Å². The Balaban J connectivity index is 4.68. The molecule has 376 valence electrons. The van der Waals surface area contributed by atoms with Gasteiger partial charge in [-0.3, -0.25) is 9.59 Å². The Morgan fingerprint density at radius 2 is 0.862 bits per heavy atom. The smallest absolute Gasteiger partial charge is 0.306 e. The third-order valence-corrected chi connectivity index (χ3v) is 12.3. The zero-order valence-corrected chi connectivity index (χ0v) is 42.9. The molecule has 0 aliphatic carbocycles. The molecule has 3 N–H and O–H groups in total. The van der Waals surface area contributed by atoms with Crippen LogP contribution in [-0.2, 0) is 14.3 Å². The average molecular weight is 908 g/mol. The fraction of sp³-hybridized carbons (Fsp3) is 0.763. The Hall–Kier alpha value is -2.70. The number of rotatable bonds is 49. The lowest BCUT2D eigenvalue weighted by atomic mass is 10.0. The van der Waals surface area contributed by atoms with Crippen molar-refractivity contribution >= 4 is 11.9 Å². The lowest BCUT2D eigenvalue weighted by Gasteiger charge is -2.24. The highest BCUT2D eigenvalue weighted by molar-refractivity contribution is 5.77. The molecule has 65 heavy (non-hydrogen) atoms. The highest BCUT2D eigenvalue weighted by atomic mass is 16.5. The van der Waals surface area contributed by atoms with Gasteiger partial charge in [0.15, 0.2) is 0 Å². The number of aliphatic hydroxyl groups excluding tert-OH is 2. The Bertz CT molecular complexity index is 1200. The summed E-state index contributed by atoms with van der Waals surface area (Å²) in [5.74, 6) is -0.587. The van der Waals surface area contributed by atoms with Crippen LogP contribution in [0.3, 0.4) is 0 Å². The molecule has 6 heteroatoms. The zero-order valence-electron chi connectivity index (χ0n) is 42.9. The molecule has 0 heterocycles. The fourth-order valence-electron chi connectivity index (χ4n) is 8.10. The van der Waals surface area contributed by atoms with E-state index < -0.39 is 18.2 Å². The van der Waals surface area contributed by atoms with Gasteiger partial charge in [0.2, 0.25) is 5.91 Å². The first kappa shape index (κ1) is 62.3. The van der Waals surface area contributed by atoms with Gasteiger partial charge in [0, 0.05) is 12.8 Å². The van der Waals surface area contributed by atoms with E-state index in [1.807, 2.05) is 12.2 Å². The van der Waals surface area contributed by atoms with E-state index in [1.54, 1.807) is 0 Å². The summed E-state index contributed by atoms with van der Waals surface area (Å²) in [6, 6.07) is -0.736. The molecule has 0 saturated heterocycles. The molecule has 0 saturated carbocycles. The van der Waals surface area contributed by atoms with Gasteiger partial charge in [-0.1, -0.05) is 248 Å². The number of carbonyl (C=O) groups excluding carboxylic acids is 2. The van der Waals surface area contributed by atoms with Crippen molar-refractivity contribution in [3.63, 3.8) is 0 Å². The third-order valence-electron chi connectivity index (χ3n) is 12.3. The Morgan fingerprint density at radius 3 is 1.29 bits per heavy atom. The van der Waals surface area contributed by atoms with E-state index in [4.69, 9.17) is 4.74 Å². The summed E-state index contributed by atoms with van der Waals surface area (Å²) in [5, 5.41) is 23.8. The van der Waals surface area contributed by atoms with Crippen molar-refractivity contribution in [3.05, 3.63) is 72.9 Å². The number of aliphatic hydroxyl groups is 2. The third kappa shape index (κ3) is 47.6. The van der Waals surface area contributed by atoms with E-state index in [0.717, 1.165) is 77.0 Å². The van der Waals surface area contributed by atoms with Gasteiger partial charge >= 0.3 is 5.97 Å². The molecule has 0 aromatic carbocycles. The van der Waals surface area contributed by atoms with Crippen molar-refractivity contribution < 1.29 is 24.5 Å². The second kappa shape index (κ2) is 52.3. The van der Waals surface area contributed by atoms with Crippen molar-refractivity contribution in [1.29, 1.82) is 0 Å². The van der Waals surface area contributed by atoms with Crippen molar-refractivity contribution in [2.75, 3.05) is 6.61 Å². The van der Waals surface area contributed by atoms with Gasteiger partial charge in [0.25, 0.3) is 0 Å². The molecule has 3 atom stereocenters. The molecule has 0 aliphatic rings. The van der Waals surface area contributed by atoms with Gasteiger partial charge in [-0.15, -0.1) is 0 Å². The van der Waals surface area contributed by atoms with Crippen LogP contribution in [0.2, 0.25) is 0 Å². The van der Waals surface area contributed by atoms with Gasteiger partial charge < -0.3 is 20.3 Å². The maximum Gasteiger partial charge on any atom is 0.306 e. The lowest BCUT2D eigenvalue weighted by Crippen LogP contribution is -2.46. The number of nitrogens with one attached hydrogen (secondary N) is 1. The predicted molar refractivity (Wildman–Crippen MR) is 282 cm³/mol. The van der Waals surface area contributed by atoms with Gasteiger partial charge in [0.05, 0.1) is 25.2 Å². The summed E-state index contributed by atoms with van der Waals surface area (Å²) in [7, 11) is 0. The molecule has 0 aromatic heterocycles. The summed E-state index contributed by atoms with van der Waals surface area (Å²) in [6.07, 6.45) is 67.0. The standard InChI is InChI=1S/C59H105NO5/c1-4-7-10-13-16-19-22-25-27-28-29-31-34-37-40-43-46-49-52-59(64)65-55(50-47-44-41-38-35-33-30-26-23-20-17-14-11-8-5-2)53-58(63)60-56(54-61)57(62)51-48-45-42-39-36-32-24-21-18-15-12-9-6-3/h8,11,17,20,26,29-31,35,38,44,47,55-57,61-62H,4-7,9-10,12-16,18-19,21-25,27-28,32-34,36-37,39-43,45-46,48-54H2,1-3H3,(H,60,63)/b11-8-,20-17-,30-26-,31-29+,38-35-,47-44-. The van der Waals surface area contributed by atoms with Gasteiger partial charge in [-0.05, 0) is 70.6 Å². The van der Waals surface area contributed by atoms with Crippen LogP contribution in [0.5, 0.6) is 0 Å². The van der Waals surface area contributed by atoms with Crippen LogP contribution in [0.4, 0.5) is 0 Å². The molecular weight excluding hydrogens is 803 g/mol. The van der Waals surface area contributed by atoms with E-state index in [-0.39, 0.29) is 24.9 Å². The van der Waals surface area contributed by atoms with E-state index in [1.165, 1.54) is 141 Å². The highest BCUT2D eigenvalue weighted by Crippen LogP contribution is 2.16. The van der Waals surface area contributed by atoms with Crippen LogP contribution < -0.4 is 5.32 Å². The average Bonchev–Trinajstić information content (AvgIpc) is 3.30. The largest absolute Gasteiger partial charge is 0.461 e. The first-order valence-electron chi connectivity index (χ1n) is 27.7. The summed E-state index contributed by atoms with van der Waals surface area (Å²) in [6.45, 7) is 6.35. The summed E-state index contributed by atoms with van der Waals surface area (Å²) in [5.41, 5.74) is 0. The second-order valence-corrected chi connectivity index (χ2v) is 18.6. The van der Waals surface area contributed by atoms with Crippen molar-refractivity contribution in [2.24, 2.45) is 0 Å². The van der Waals surface area contributed by atoms with Gasteiger partial charge in [-0.25, -0.2) is 0 Å².